The molecule has 0 bridgehead atoms. The first kappa shape index (κ1) is 20.4. The van der Waals surface area contributed by atoms with Gasteiger partial charge in [0.25, 0.3) is 5.91 Å². The van der Waals surface area contributed by atoms with E-state index in [9.17, 15) is 13.2 Å². The van der Waals surface area contributed by atoms with E-state index < -0.39 is 10.0 Å². The standard InChI is InChI=1S/C18H24N2O4S2/c1-4-20(5-2)26(22,23)17-13-14(8-9-16(17)24-3)18(21)19-11-10-15-7-6-12-25-15/h6-9,12-13H,4-5,10-11H2,1-3H3,(H,19,21). The summed E-state index contributed by atoms with van der Waals surface area (Å²) in [5.41, 5.74) is 0.294. The molecule has 2 aromatic rings. The van der Waals surface area contributed by atoms with Crippen molar-refractivity contribution in [3.63, 3.8) is 0 Å². The van der Waals surface area contributed by atoms with Gasteiger partial charge in [0, 0.05) is 30.1 Å². The van der Waals surface area contributed by atoms with E-state index in [0.717, 1.165) is 6.42 Å². The van der Waals surface area contributed by atoms with Crippen LogP contribution < -0.4 is 10.1 Å². The van der Waals surface area contributed by atoms with Gasteiger partial charge in [-0.15, -0.1) is 11.3 Å². The molecular weight excluding hydrogens is 372 g/mol. The first-order chi connectivity index (χ1) is 12.4. The Balaban J connectivity index is 2.21. The maximum Gasteiger partial charge on any atom is 0.251 e. The van der Waals surface area contributed by atoms with Crippen molar-refractivity contribution in [1.29, 1.82) is 0 Å². The fourth-order valence-corrected chi connectivity index (χ4v) is 4.93. The maximum absolute atomic E-state index is 12.8. The summed E-state index contributed by atoms with van der Waals surface area (Å²) in [6, 6.07) is 8.45. The fourth-order valence-electron chi connectivity index (χ4n) is 2.58. The van der Waals surface area contributed by atoms with Crippen LogP contribution in [0, 0.1) is 0 Å². The average Bonchev–Trinajstić information content (AvgIpc) is 3.15. The molecule has 0 fully saturated rings. The number of thiophene rings is 1. The van der Waals surface area contributed by atoms with Gasteiger partial charge in [0.2, 0.25) is 10.0 Å². The monoisotopic (exact) mass is 396 g/mol. The summed E-state index contributed by atoms with van der Waals surface area (Å²) in [5, 5.41) is 4.82. The topological polar surface area (TPSA) is 75.7 Å². The van der Waals surface area contributed by atoms with Crippen molar-refractivity contribution in [1.82, 2.24) is 9.62 Å². The molecular formula is C18H24N2O4S2. The Morgan fingerprint density at radius 3 is 2.54 bits per heavy atom. The molecule has 0 saturated carbocycles. The van der Waals surface area contributed by atoms with Crippen molar-refractivity contribution in [2.45, 2.75) is 25.2 Å². The van der Waals surface area contributed by atoms with Gasteiger partial charge in [-0.2, -0.15) is 4.31 Å². The van der Waals surface area contributed by atoms with E-state index >= 15 is 0 Å². The van der Waals surface area contributed by atoms with Gasteiger partial charge in [-0.25, -0.2) is 8.42 Å². The molecule has 1 heterocycles. The van der Waals surface area contributed by atoms with Crippen molar-refractivity contribution in [3.8, 4) is 5.75 Å². The van der Waals surface area contributed by atoms with Crippen molar-refractivity contribution in [2.24, 2.45) is 0 Å². The molecule has 1 N–H and O–H groups in total. The second-order valence-electron chi connectivity index (χ2n) is 5.54. The highest BCUT2D eigenvalue weighted by molar-refractivity contribution is 7.89. The number of amides is 1. The lowest BCUT2D eigenvalue weighted by atomic mass is 10.2. The third kappa shape index (κ3) is 4.63. The van der Waals surface area contributed by atoms with Crippen LogP contribution in [0.3, 0.4) is 0 Å². The second kappa shape index (κ2) is 9.16. The highest BCUT2D eigenvalue weighted by atomic mass is 32.2. The van der Waals surface area contributed by atoms with Crippen LogP contribution in [0.25, 0.3) is 0 Å². The number of ether oxygens (including phenoxy) is 1. The number of nitrogens with zero attached hydrogens (tertiary/aromatic N) is 1. The van der Waals surface area contributed by atoms with Crippen LogP contribution in [0.4, 0.5) is 0 Å². The van der Waals surface area contributed by atoms with Crippen LogP contribution in [0.1, 0.15) is 29.1 Å². The van der Waals surface area contributed by atoms with Gasteiger partial charge in [-0.3, -0.25) is 4.79 Å². The molecule has 0 aliphatic rings. The summed E-state index contributed by atoms with van der Waals surface area (Å²) in [5.74, 6) is -0.0766. The minimum Gasteiger partial charge on any atom is -0.495 e. The number of carbonyl (C=O) groups is 1. The van der Waals surface area contributed by atoms with Crippen molar-refractivity contribution in [3.05, 3.63) is 46.2 Å². The lowest BCUT2D eigenvalue weighted by molar-refractivity contribution is 0.0954. The van der Waals surface area contributed by atoms with Gasteiger partial charge in [0.15, 0.2) is 0 Å². The Labute approximate surface area is 158 Å². The molecule has 1 aromatic heterocycles. The fraction of sp³-hybridized carbons (Fsp3) is 0.389. The molecule has 8 heteroatoms. The predicted octanol–water partition coefficient (Wildman–Crippen LogP) is 2.76. The number of rotatable bonds is 9. The zero-order valence-electron chi connectivity index (χ0n) is 15.2. The van der Waals surface area contributed by atoms with Crippen LogP contribution in [0.15, 0.2) is 40.6 Å². The van der Waals surface area contributed by atoms with Gasteiger partial charge >= 0.3 is 0 Å². The number of methoxy groups -OCH3 is 1. The normalized spacial score (nSPS) is 11.5. The molecule has 6 nitrogen and oxygen atoms in total. The van der Waals surface area contributed by atoms with Gasteiger partial charge in [-0.05, 0) is 36.1 Å². The van der Waals surface area contributed by atoms with E-state index in [4.69, 9.17) is 4.74 Å². The SMILES string of the molecule is CCN(CC)S(=O)(=O)c1cc(C(=O)NCCc2cccs2)ccc1OC. The average molecular weight is 397 g/mol. The third-order valence-electron chi connectivity index (χ3n) is 3.99. The van der Waals surface area contributed by atoms with Gasteiger partial charge in [0.05, 0.1) is 7.11 Å². The van der Waals surface area contributed by atoms with E-state index in [-0.39, 0.29) is 16.6 Å². The molecule has 1 amide bonds. The van der Waals surface area contributed by atoms with Crippen LogP contribution in [-0.2, 0) is 16.4 Å². The highest BCUT2D eigenvalue weighted by Gasteiger charge is 2.26. The zero-order chi connectivity index (χ0) is 19.2. The van der Waals surface area contributed by atoms with E-state index in [1.807, 2.05) is 17.5 Å². The second-order valence-corrected chi connectivity index (χ2v) is 8.48. The molecule has 0 atom stereocenters. The van der Waals surface area contributed by atoms with E-state index in [2.05, 4.69) is 5.32 Å². The Bertz CT molecular complexity index is 829. The molecule has 0 aliphatic heterocycles. The predicted molar refractivity (Wildman–Crippen MR) is 103 cm³/mol. The molecule has 0 spiro atoms. The van der Waals surface area contributed by atoms with Crippen LogP contribution in [0.5, 0.6) is 5.75 Å². The number of sulfonamides is 1. The molecule has 2 rings (SSSR count). The summed E-state index contributed by atoms with van der Waals surface area (Å²) in [7, 11) is -2.31. The van der Waals surface area contributed by atoms with Gasteiger partial charge < -0.3 is 10.1 Å². The van der Waals surface area contributed by atoms with Gasteiger partial charge in [0.1, 0.15) is 10.6 Å². The number of benzene rings is 1. The summed E-state index contributed by atoms with van der Waals surface area (Å²) in [6.45, 7) is 4.73. The zero-order valence-corrected chi connectivity index (χ0v) is 16.8. The summed E-state index contributed by atoms with van der Waals surface area (Å²) < 4.78 is 32.2. The Morgan fingerprint density at radius 1 is 1.23 bits per heavy atom. The number of carbonyl (C=O) groups excluding carboxylic acids is 1. The van der Waals surface area contributed by atoms with E-state index in [1.165, 1.54) is 28.4 Å². The molecule has 0 aliphatic carbocycles. The van der Waals surface area contributed by atoms with E-state index in [1.54, 1.807) is 31.3 Å². The molecule has 1 aromatic carbocycles. The Morgan fingerprint density at radius 2 is 1.96 bits per heavy atom. The molecule has 26 heavy (non-hydrogen) atoms. The lowest BCUT2D eigenvalue weighted by Crippen LogP contribution is -2.31. The first-order valence-electron chi connectivity index (χ1n) is 8.42. The number of hydrogen-bond donors (Lipinski definition) is 1. The summed E-state index contributed by atoms with van der Waals surface area (Å²) in [4.78, 5) is 13.6. The minimum absolute atomic E-state index is 0.00890. The van der Waals surface area contributed by atoms with Crippen molar-refractivity contribution in [2.75, 3.05) is 26.7 Å². The highest BCUT2D eigenvalue weighted by Crippen LogP contribution is 2.27. The number of hydrogen-bond acceptors (Lipinski definition) is 5. The lowest BCUT2D eigenvalue weighted by Gasteiger charge is -2.20. The van der Waals surface area contributed by atoms with Crippen LogP contribution in [0.2, 0.25) is 0 Å². The Hall–Kier alpha value is -1.90. The maximum atomic E-state index is 12.8. The van der Waals surface area contributed by atoms with E-state index in [0.29, 0.717) is 25.2 Å². The quantitative estimate of drug-likeness (QED) is 0.707. The number of nitrogens with one attached hydrogen (secondary N) is 1. The van der Waals surface area contributed by atoms with Crippen LogP contribution in [-0.4, -0.2) is 45.4 Å². The molecule has 0 unspecified atom stereocenters. The third-order valence-corrected chi connectivity index (χ3v) is 6.99. The Kier molecular flexibility index (Phi) is 7.19. The first-order valence-corrected chi connectivity index (χ1v) is 10.7. The molecule has 142 valence electrons. The van der Waals surface area contributed by atoms with Crippen LogP contribution >= 0.6 is 11.3 Å². The van der Waals surface area contributed by atoms with Crippen molar-refractivity contribution >= 4 is 27.3 Å². The summed E-state index contributed by atoms with van der Waals surface area (Å²) in [6.07, 6.45) is 0.740. The summed E-state index contributed by atoms with van der Waals surface area (Å²) >= 11 is 1.64. The van der Waals surface area contributed by atoms with Crippen molar-refractivity contribution < 1.29 is 17.9 Å². The smallest absolute Gasteiger partial charge is 0.251 e. The largest absolute Gasteiger partial charge is 0.495 e. The minimum atomic E-state index is -3.73. The molecule has 0 saturated heterocycles. The molecule has 0 radical (unpaired) electrons. The van der Waals surface area contributed by atoms with Gasteiger partial charge in [-0.1, -0.05) is 19.9 Å².